The molecule has 156 valence electrons. The van der Waals surface area contributed by atoms with Crippen LogP contribution >= 0.6 is 34.8 Å². The molecular weight excluding hydrogens is 459 g/mol. The maximum absolute atomic E-state index is 13.1. The number of carbonyl (C=O) groups is 2. The van der Waals surface area contributed by atoms with Crippen molar-refractivity contribution in [3.8, 4) is 0 Å². The van der Waals surface area contributed by atoms with Crippen molar-refractivity contribution in [2.45, 2.75) is 13.0 Å². The lowest BCUT2D eigenvalue weighted by Crippen LogP contribution is -2.29. The molecule has 0 spiro atoms. The normalized spacial score (nSPS) is 17.9. The molecule has 2 heterocycles. The van der Waals surface area contributed by atoms with E-state index in [9.17, 15) is 14.7 Å². The van der Waals surface area contributed by atoms with Crippen LogP contribution in [0.2, 0.25) is 15.1 Å². The van der Waals surface area contributed by atoms with Crippen LogP contribution in [0.1, 0.15) is 22.7 Å². The Bertz CT molecular complexity index is 1240. The second-order valence-corrected chi connectivity index (χ2v) is 8.24. The summed E-state index contributed by atoms with van der Waals surface area (Å²) in [5, 5.41) is 12.0. The molecule has 0 aliphatic carbocycles. The number of carbonyl (C=O) groups excluding carboxylic acids is 2. The Morgan fingerprint density at radius 3 is 2.42 bits per heavy atom. The lowest BCUT2D eigenvalue weighted by atomic mass is 9.96. The molecule has 1 amide bonds. The van der Waals surface area contributed by atoms with Crippen LogP contribution in [0.15, 0.2) is 66.5 Å². The third-order valence-corrected chi connectivity index (χ3v) is 6.22. The van der Waals surface area contributed by atoms with E-state index >= 15 is 0 Å². The Labute approximate surface area is 193 Å². The standard InChI is InChI=1S/C23H15Cl3N2O3/c1-12-4-6-15(10-17(12)25)28-20(14-3-2-8-27-11-14)19(22(30)23(28)31)21(29)13-5-7-16(24)18(26)9-13/h2-11,20,29H,1H3/b21-19+. The van der Waals surface area contributed by atoms with Gasteiger partial charge in [0.25, 0.3) is 11.7 Å². The number of nitrogens with zero attached hydrogens (tertiary/aromatic N) is 2. The highest BCUT2D eigenvalue weighted by molar-refractivity contribution is 6.52. The molecule has 1 fully saturated rings. The smallest absolute Gasteiger partial charge is 0.300 e. The zero-order chi connectivity index (χ0) is 22.3. The Kier molecular flexibility index (Phi) is 5.75. The number of aliphatic hydroxyl groups is 1. The van der Waals surface area contributed by atoms with E-state index in [-0.39, 0.29) is 21.9 Å². The molecule has 0 saturated carbocycles. The minimum Gasteiger partial charge on any atom is -0.507 e. The Balaban J connectivity index is 1.95. The summed E-state index contributed by atoms with van der Waals surface area (Å²) in [4.78, 5) is 31.6. The second kappa shape index (κ2) is 8.35. The zero-order valence-corrected chi connectivity index (χ0v) is 18.4. The fourth-order valence-electron chi connectivity index (χ4n) is 3.48. The molecule has 4 rings (SSSR count). The van der Waals surface area contributed by atoms with Crippen LogP contribution in [0.3, 0.4) is 0 Å². The average Bonchev–Trinajstić information content (AvgIpc) is 3.03. The molecule has 2 aromatic carbocycles. The lowest BCUT2D eigenvalue weighted by molar-refractivity contribution is -0.132. The number of anilines is 1. The monoisotopic (exact) mass is 472 g/mol. The van der Waals surface area contributed by atoms with Crippen LogP contribution in [0.5, 0.6) is 0 Å². The summed E-state index contributed by atoms with van der Waals surface area (Å²) >= 11 is 18.3. The van der Waals surface area contributed by atoms with Crippen molar-refractivity contribution in [1.82, 2.24) is 4.98 Å². The van der Waals surface area contributed by atoms with Crippen molar-refractivity contribution in [3.63, 3.8) is 0 Å². The van der Waals surface area contributed by atoms with Gasteiger partial charge in [-0.05, 0) is 54.4 Å². The number of ketones is 1. The molecule has 3 aromatic rings. The molecule has 31 heavy (non-hydrogen) atoms. The summed E-state index contributed by atoms with van der Waals surface area (Å²) < 4.78 is 0. The molecule has 1 N–H and O–H groups in total. The highest BCUT2D eigenvalue weighted by Gasteiger charge is 2.47. The minimum absolute atomic E-state index is 0.0758. The van der Waals surface area contributed by atoms with Gasteiger partial charge in [0, 0.05) is 28.7 Å². The largest absolute Gasteiger partial charge is 0.507 e. The molecule has 1 aliphatic heterocycles. The Hall–Kier alpha value is -2.86. The van der Waals surface area contributed by atoms with E-state index in [0.717, 1.165) is 5.56 Å². The predicted molar refractivity (Wildman–Crippen MR) is 122 cm³/mol. The summed E-state index contributed by atoms with van der Waals surface area (Å²) in [5.74, 6) is -1.96. The molecule has 5 nitrogen and oxygen atoms in total. The van der Waals surface area contributed by atoms with Gasteiger partial charge in [0.15, 0.2) is 0 Å². The number of hydrogen-bond donors (Lipinski definition) is 1. The zero-order valence-electron chi connectivity index (χ0n) is 16.1. The van der Waals surface area contributed by atoms with Gasteiger partial charge in [0.1, 0.15) is 5.76 Å². The topological polar surface area (TPSA) is 70.5 Å². The van der Waals surface area contributed by atoms with E-state index in [1.165, 1.54) is 23.1 Å². The number of aliphatic hydroxyl groups excluding tert-OH is 1. The van der Waals surface area contributed by atoms with Crippen LogP contribution in [0.4, 0.5) is 5.69 Å². The van der Waals surface area contributed by atoms with Gasteiger partial charge >= 0.3 is 0 Å². The number of hydrogen-bond acceptors (Lipinski definition) is 4. The minimum atomic E-state index is -0.901. The van der Waals surface area contributed by atoms with Crippen molar-refractivity contribution in [3.05, 3.63) is 98.3 Å². The van der Waals surface area contributed by atoms with Crippen LogP contribution in [-0.2, 0) is 9.59 Å². The molecule has 1 aromatic heterocycles. The van der Waals surface area contributed by atoms with E-state index in [0.29, 0.717) is 21.3 Å². The second-order valence-electron chi connectivity index (χ2n) is 7.02. The number of aromatic nitrogens is 1. The van der Waals surface area contributed by atoms with Gasteiger partial charge < -0.3 is 5.11 Å². The summed E-state index contributed by atoms with van der Waals surface area (Å²) in [6, 6.07) is 12.1. The summed E-state index contributed by atoms with van der Waals surface area (Å²) in [6.07, 6.45) is 3.12. The van der Waals surface area contributed by atoms with Crippen LogP contribution in [-0.4, -0.2) is 21.8 Å². The number of halogens is 3. The van der Waals surface area contributed by atoms with Gasteiger partial charge in [-0.2, -0.15) is 0 Å². The molecule has 1 unspecified atom stereocenters. The van der Waals surface area contributed by atoms with Crippen molar-refractivity contribution in [1.29, 1.82) is 0 Å². The first-order valence-electron chi connectivity index (χ1n) is 9.22. The van der Waals surface area contributed by atoms with E-state index in [2.05, 4.69) is 4.98 Å². The van der Waals surface area contributed by atoms with Gasteiger partial charge in [-0.1, -0.05) is 46.9 Å². The first-order chi connectivity index (χ1) is 14.8. The first kappa shape index (κ1) is 21.4. The fourth-order valence-corrected chi connectivity index (χ4v) is 3.96. The van der Waals surface area contributed by atoms with Gasteiger partial charge in [0.2, 0.25) is 0 Å². The number of rotatable bonds is 3. The third kappa shape index (κ3) is 3.81. The van der Waals surface area contributed by atoms with Crippen molar-refractivity contribution in [2.24, 2.45) is 0 Å². The highest BCUT2D eigenvalue weighted by Crippen LogP contribution is 2.43. The Morgan fingerprint density at radius 1 is 1.00 bits per heavy atom. The van der Waals surface area contributed by atoms with Gasteiger partial charge in [-0.3, -0.25) is 19.5 Å². The van der Waals surface area contributed by atoms with Crippen molar-refractivity contribution in [2.75, 3.05) is 4.90 Å². The van der Waals surface area contributed by atoms with Crippen molar-refractivity contribution < 1.29 is 14.7 Å². The molecule has 1 aliphatic rings. The molecule has 0 radical (unpaired) electrons. The number of pyridine rings is 1. The molecule has 8 heteroatoms. The average molecular weight is 474 g/mol. The van der Waals surface area contributed by atoms with Crippen LogP contribution in [0, 0.1) is 6.92 Å². The number of amides is 1. The van der Waals surface area contributed by atoms with Gasteiger partial charge in [0.05, 0.1) is 21.7 Å². The summed E-state index contributed by atoms with van der Waals surface area (Å²) in [6.45, 7) is 1.84. The molecule has 1 atom stereocenters. The molecule has 0 bridgehead atoms. The Morgan fingerprint density at radius 2 is 1.77 bits per heavy atom. The summed E-state index contributed by atoms with van der Waals surface area (Å²) in [7, 11) is 0. The quantitative estimate of drug-likeness (QED) is 0.289. The third-order valence-electron chi connectivity index (χ3n) is 5.07. The van der Waals surface area contributed by atoms with Crippen molar-refractivity contribution >= 4 is 57.9 Å². The number of benzene rings is 2. The van der Waals surface area contributed by atoms with Gasteiger partial charge in [-0.15, -0.1) is 0 Å². The van der Waals surface area contributed by atoms with Crippen LogP contribution < -0.4 is 4.90 Å². The number of aryl methyl sites for hydroxylation is 1. The van der Waals surface area contributed by atoms with Gasteiger partial charge in [-0.25, -0.2) is 0 Å². The van der Waals surface area contributed by atoms with E-state index in [1.807, 2.05) is 6.92 Å². The predicted octanol–water partition coefficient (Wildman–Crippen LogP) is 5.98. The first-order valence-corrected chi connectivity index (χ1v) is 10.4. The maximum atomic E-state index is 13.1. The van der Waals surface area contributed by atoms with E-state index in [4.69, 9.17) is 34.8 Å². The molecule has 1 saturated heterocycles. The van der Waals surface area contributed by atoms with E-state index in [1.54, 1.807) is 42.7 Å². The highest BCUT2D eigenvalue weighted by atomic mass is 35.5. The van der Waals surface area contributed by atoms with Crippen LogP contribution in [0.25, 0.3) is 5.76 Å². The SMILES string of the molecule is Cc1ccc(N2C(=O)C(=O)/C(=C(/O)c3ccc(Cl)c(Cl)c3)C2c2cccnc2)cc1Cl. The number of Topliss-reactive ketones (excluding diaryl/α,β-unsaturated/α-hetero) is 1. The fraction of sp³-hybridized carbons (Fsp3) is 0.0870. The lowest BCUT2D eigenvalue weighted by Gasteiger charge is -2.25. The summed E-state index contributed by atoms with van der Waals surface area (Å²) in [5.41, 5.74) is 2.01. The molecular formula is C23H15Cl3N2O3. The van der Waals surface area contributed by atoms with E-state index < -0.39 is 17.7 Å². The maximum Gasteiger partial charge on any atom is 0.300 e.